The molecular weight excluding hydrogens is 437 g/mol. The minimum absolute atomic E-state index is 0.162. The third-order valence-corrected chi connectivity index (χ3v) is 7.85. The Morgan fingerprint density at radius 3 is 2.67 bits per heavy atom. The number of rotatable bonds is 4. The summed E-state index contributed by atoms with van der Waals surface area (Å²) in [5.74, 6) is 0.300. The molecule has 0 bridgehead atoms. The lowest BCUT2D eigenvalue weighted by molar-refractivity contribution is 0.0639. The average Bonchev–Trinajstić information content (AvgIpc) is 3.12. The van der Waals surface area contributed by atoms with Gasteiger partial charge in [0.1, 0.15) is 5.82 Å². The number of nitrogens with one attached hydrogen (secondary N) is 1. The second-order valence-electron chi connectivity index (χ2n) is 9.79. The molecule has 2 fully saturated rings. The summed E-state index contributed by atoms with van der Waals surface area (Å²) in [5, 5.41) is 3.61. The standard InChI is InChI=1S/C27H31ClFN3O/c1-17-3-8-26(18(2)30-17)32-16-22-14-21(5-6-23(22)27(32)33)20-9-11-31(12-10-20)15-19-4-7-25(29)24(28)13-19/h4-7,13-14,18,20,26,30H,1,3,8-12,15-16H2,2H3. The van der Waals surface area contributed by atoms with Crippen LogP contribution in [0.15, 0.2) is 48.7 Å². The van der Waals surface area contributed by atoms with E-state index >= 15 is 0 Å². The first-order chi connectivity index (χ1) is 15.9. The molecule has 174 valence electrons. The van der Waals surface area contributed by atoms with Gasteiger partial charge in [0, 0.05) is 30.4 Å². The first kappa shape index (κ1) is 22.4. The Morgan fingerprint density at radius 1 is 1.15 bits per heavy atom. The Labute approximate surface area is 200 Å². The van der Waals surface area contributed by atoms with Crippen molar-refractivity contribution < 1.29 is 9.18 Å². The maximum Gasteiger partial charge on any atom is 0.254 e. The number of carbonyl (C=O) groups excluding carboxylic acids is 1. The minimum atomic E-state index is -0.368. The van der Waals surface area contributed by atoms with Gasteiger partial charge in [0.15, 0.2) is 0 Å². The molecule has 0 aliphatic carbocycles. The van der Waals surface area contributed by atoms with Crippen LogP contribution in [0.25, 0.3) is 0 Å². The van der Waals surface area contributed by atoms with Gasteiger partial charge in [-0.1, -0.05) is 36.4 Å². The molecule has 2 saturated heterocycles. The van der Waals surface area contributed by atoms with Gasteiger partial charge in [-0.25, -0.2) is 4.39 Å². The molecule has 33 heavy (non-hydrogen) atoms. The van der Waals surface area contributed by atoms with E-state index in [1.807, 2.05) is 12.1 Å². The highest BCUT2D eigenvalue weighted by molar-refractivity contribution is 6.30. The molecule has 2 aromatic carbocycles. The summed E-state index contributed by atoms with van der Waals surface area (Å²) in [5.41, 5.74) is 5.49. The Balaban J connectivity index is 1.22. The zero-order valence-corrected chi connectivity index (χ0v) is 19.9. The van der Waals surface area contributed by atoms with Crippen molar-refractivity contribution in [2.24, 2.45) is 0 Å². The summed E-state index contributed by atoms with van der Waals surface area (Å²) in [4.78, 5) is 17.6. The molecule has 0 aromatic heterocycles. The molecule has 6 heteroatoms. The zero-order valence-electron chi connectivity index (χ0n) is 19.1. The molecule has 0 spiro atoms. The topological polar surface area (TPSA) is 35.6 Å². The van der Waals surface area contributed by atoms with Crippen LogP contribution in [0.4, 0.5) is 4.39 Å². The van der Waals surface area contributed by atoms with Crippen molar-refractivity contribution >= 4 is 17.5 Å². The van der Waals surface area contributed by atoms with E-state index in [0.29, 0.717) is 12.5 Å². The quantitative estimate of drug-likeness (QED) is 0.647. The van der Waals surface area contributed by atoms with Crippen molar-refractivity contribution in [1.29, 1.82) is 0 Å². The smallest absolute Gasteiger partial charge is 0.254 e. The molecular formula is C27H31ClFN3O. The summed E-state index contributed by atoms with van der Waals surface area (Å²) in [7, 11) is 0. The predicted octanol–water partition coefficient (Wildman–Crippen LogP) is 5.47. The number of likely N-dealkylation sites (tertiary alicyclic amines) is 1. The fourth-order valence-corrected chi connectivity index (χ4v) is 5.90. The Hall–Kier alpha value is -2.37. The van der Waals surface area contributed by atoms with E-state index in [1.165, 1.54) is 11.6 Å². The molecule has 2 unspecified atom stereocenters. The molecule has 1 amide bonds. The third-order valence-electron chi connectivity index (χ3n) is 7.56. The largest absolute Gasteiger partial charge is 0.384 e. The van der Waals surface area contributed by atoms with Crippen molar-refractivity contribution in [2.45, 2.75) is 63.7 Å². The summed E-state index contributed by atoms with van der Waals surface area (Å²) in [6.07, 6.45) is 4.05. The molecule has 3 aliphatic rings. The summed E-state index contributed by atoms with van der Waals surface area (Å²) in [6, 6.07) is 11.9. The van der Waals surface area contributed by atoms with Crippen molar-refractivity contribution in [3.63, 3.8) is 0 Å². The van der Waals surface area contributed by atoms with Gasteiger partial charge in [0.2, 0.25) is 0 Å². The highest BCUT2D eigenvalue weighted by Gasteiger charge is 2.37. The molecule has 3 heterocycles. The number of amides is 1. The zero-order chi connectivity index (χ0) is 23.1. The molecule has 2 atom stereocenters. The first-order valence-corrected chi connectivity index (χ1v) is 12.3. The SMILES string of the molecule is C=C1CCC(N2Cc3cc(C4CCN(Cc5ccc(F)c(Cl)c5)CC4)ccc3C2=O)C(C)N1. The molecule has 1 N–H and O–H groups in total. The Bertz CT molecular complexity index is 1080. The first-order valence-electron chi connectivity index (χ1n) is 11.9. The van der Waals surface area contributed by atoms with Gasteiger partial charge in [-0.3, -0.25) is 9.69 Å². The number of piperidine rings is 2. The van der Waals surface area contributed by atoms with Crippen LogP contribution < -0.4 is 5.32 Å². The molecule has 0 radical (unpaired) electrons. The van der Waals surface area contributed by atoms with Crippen LogP contribution in [-0.4, -0.2) is 40.9 Å². The van der Waals surface area contributed by atoms with Gasteiger partial charge >= 0.3 is 0 Å². The minimum Gasteiger partial charge on any atom is -0.384 e. The van der Waals surface area contributed by atoms with Crippen LogP contribution in [0.1, 0.15) is 65.6 Å². The van der Waals surface area contributed by atoms with E-state index in [-0.39, 0.29) is 28.8 Å². The number of halogens is 2. The number of nitrogens with zero attached hydrogens (tertiary/aromatic N) is 2. The fourth-order valence-electron chi connectivity index (χ4n) is 5.69. The molecule has 5 rings (SSSR count). The second-order valence-corrected chi connectivity index (χ2v) is 10.2. The summed E-state index contributed by atoms with van der Waals surface area (Å²) >= 11 is 5.94. The number of benzene rings is 2. The van der Waals surface area contributed by atoms with Gasteiger partial charge < -0.3 is 10.2 Å². The van der Waals surface area contributed by atoms with Crippen molar-refractivity contribution in [3.05, 3.63) is 81.8 Å². The van der Waals surface area contributed by atoms with Crippen LogP contribution in [0.2, 0.25) is 5.02 Å². The monoisotopic (exact) mass is 467 g/mol. The number of allylic oxidation sites excluding steroid dienone is 1. The Kier molecular flexibility index (Phi) is 6.19. The van der Waals surface area contributed by atoms with E-state index in [9.17, 15) is 9.18 Å². The van der Waals surface area contributed by atoms with Crippen LogP contribution in [-0.2, 0) is 13.1 Å². The molecule has 3 aliphatic heterocycles. The van der Waals surface area contributed by atoms with Gasteiger partial charge in [-0.2, -0.15) is 0 Å². The second kappa shape index (κ2) is 9.11. The predicted molar refractivity (Wildman–Crippen MR) is 130 cm³/mol. The number of fused-ring (bicyclic) bond motifs is 1. The van der Waals surface area contributed by atoms with Crippen LogP contribution >= 0.6 is 11.6 Å². The lowest BCUT2D eigenvalue weighted by Crippen LogP contribution is -2.51. The average molecular weight is 468 g/mol. The van der Waals surface area contributed by atoms with E-state index < -0.39 is 0 Å². The highest BCUT2D eigenvalue weighted by Crippen LogP contribution is 2.35. The van der Waals surface area contributed by atoms with Crippen molar-refractivity contribution in [1.82, 2.24) is 15.1 Å². The van der Waals surface area contributed by atoms with Crippen molar-refractivity contribution in [2.75, 3.05) is 13.1 Å². The highest BCUT2D eigenvalue weighted by atomic mass is 35.5. The van der Waals surface area contributed by atoms with Gasteiger partial charge in [0.05, 0.1) is 11.1 Å². The molecule has 0 saturated carbocycles. The van der Waals surface area contributed by atoms with E-state index in [1.54, 1.807) is 6.07 Å². The van der Waals surface area contributed by atoms with Crippen LogP contribution in [0, 0.1) is 5.82 Å². The van der Waals surface area contributed by atoms with Gasteiger partial charge in [-0.05, 0) is 86.5 Å². The van der Waals surface area contributed by atoms with E-state index in [4.69, 9.17) is 11.6 Å². The lowest BCUT2D eigenvalue weighted by Gasteiger charge is -2.38. The normalized spacial score (nSPS) is 24.2. The van der Waals surface area contributed by atoms with E-state index in [0.717, 1.165) is 67.7 Å². The number of carbonyl (C=O) groups is 1. The maximum absolute atomic E-state index is 13.4. The van der Waals surface area contributed by atoms with Gasteiger partial charge in [0.25, 0.3) is 5.91 Å². The maximum atomic E-state index is 13.4. The molecule has 4 nitrogen and oxygen atoms in total. The number of hydrogen-bond donors (Lipinski definition) is 1. The summed E-state index contributed by atoms with van der Waals surface area (Å²) < 4.78 is 13.4. The number of hydrogen-bond acceptors (Lipinski definition) is 3. The van der Waals surface area contributed by atoms with E-state index in [2.05, 4.69) is 40.8 Å². The fraction of sp³-hybridized carbons (Fsp3) is 0.444. The van der Waals surface area contributed by atoms with Crippen LogP contribution in [0.5, 0.6) is 0 Å². The van der Waals surface area contributed by atoms with Gasteiger partial charge in [-0.15, -0.1) is 0 Å². The molecule has 2 aromatic rings. The van der Waals surface area contributed by atoms with Crippen LogP contribution in [0.3, 0.4) is 0 Å². The van der Waals surface area contributed by atoms with Crippen molar-refractivity contribution in [3.8, 4) is 0 Å². The lowest BCUT2D eigenvalue weighted by atomic mass is 9.87. The Morgan fingerprint density at radius 2 is 1.94 bits per heavy atom. The third kappa shape index (κ3) is 4.53. The summed E-state index contributed by atoms with van der Waals surface area (Å²) in [6.45, 7) is 9.68.